The zero-order chi connectivity index (χ0) is 21.9. The fourth-order valence-corrected chi connectivity index (χ4v) is 4.44. The highest BCUT2D eigenvalue weighted by molar-refractivity contribution is 14.0. The van der Waals surface area contributed by atoms with Gasteiger partial charge in [-0.3, -0.25) is 9.89 Å². The molecule has 1 atom stereocenters. The van der Waals surface area contributed by atoms with Crippen molar-refractivity contribution in [1.82, 2.24) is 15.5 Å². The van der Waals surface area contributed by atoms with E-state index in [0.717, 1.165) is 63.9 Å². The predicted octanol–water partition coefficient (Wildman–Crippen LogP) is 3.59. The Morgan fingerprint density at radius 3 is 2.38 bits per heavy atom. The second-order valence-corrected chi connectivity index (χ2v) is 8.46. The van der Waals surface area contributed by atoms with Crippen LogP contribution in [-0.4, -0.2) is 76.6 Å². The molecule has 3 rings (SSSR count). The fourth-order valence-electron chi connectivity index (χ4n) is 4.44. The summed E-state index contributed by atoms with van der Waals surface area (Å²) in [7, 11) is 3.50. The van der Waals surface area contributed by atoms with Gasteiger partial charge in [-0.25, -0.2) is 0 Å². The molecule has 0 aromatic heterocycles. The van der Waals surface area contributed by atoms with Crippen LogP contribution in [-0.2, 0) is 9.47 Å². The normalized spacial score (nSPS) is 20.2. The minimum atomic E-state index is -0.219. The molecule has 1 unspecified atom stereocenters. The van der Waals surface area contributed by atoms with Gasteiger partial charge in [-0.15, -0.1) is 24.0 Å². The van der Waals surface area contributed by atoms with Gasteiger partial charge in [0, 0.05) is 46.3 Å². The number of halogens is 1. The SMILES string of the molecule is CCNC(=NCC1(OC)CCOCC1)NCC(c1ccc(OC)cc1)N1CCCCC1.I. The van der Waals surface area contributed by atoms with Crippen LogP contribution < -0.4 is 15.4 Å². The van der Waals surface area contributed by atoms with Crippen LogP contribution in [0.25, 0.3) is 0 Å². The molecule has 0 spiro atoms. The standard InChI is InChI=1S/C24H40N4O3.HI/c1-4-25-23(27-19-24(30-3)12-16-31-17-13-24)26-18-22(28-14-6-5-7-15-28)20-8-10-21(29-2)11-9-20;/h8-11,22H,4-7,12-19H2,1-3H3,(H2,25,26,27);1H. The number of guanidine groups is 1. The first-order chi connectivity index (χ1) is 15.2. The first-order valence-corrected chi connectivity index (χ1v) is 11.7. The van der Waals surface area contributed by atoms with E-state index in [-0.39, 0.29) is 29.6 Å². The van der Waals surface area contributed by atoms with Gasteiger partial charge in [-0.2, -0.15) is 0 Å². The molecule has 0 bridgehead atoms. The van der Waals surface area contributed by atoms with E-state index in [4.69, 9.17) is 19.2 Å². The average molecular weight is 561 g/mol. The molecule has 2 heterocycles. The number of nitrogens with one attached hydrogen (secondary N) is 2. The van der Waals surface area contributed by atoms with E-state index in [1.807, 2.05) is 0 Å². The molecule has 2 saturated heterocycles. The summed E-state index contributed by atoms with van der Waals surface area (Å²) in [5.41, 5.74) is 1.09. The lowest BCUT2D eigenvalue weighted by Crippen LogP contribution is -2.46. The molecule has 1 aromatic carbocycles. The Morgan fingerprint density at radius 1 is 1.09 bits per heavy atom. The lowest BCUT2D eigenvalue weighted by Gasteiger charge is -2.36. The van der Waals surface area contributed by atoms with Crippen molar-refractivity contribution in [2.24, 2.45) is 4.99 Å². The molecule has 8 heteroatoms. The lowest BCUT2D eigenvalue weighted by atomic mass is 9.94. The predicted molar refractivity (Wildman–Crippen MR) is 140 cm³/mol. The van der Waals surface area contributed by atoms with Gasteiger partial charge in [0.1, 0.15) is 5.75 Å². The number of hydrogen-bond acceptors (Lipinski definition) is 5. The molecule has 182 valence electrons. The van der Waals surface area contributed by atoms with Crippen molar-refractivity contribution in [1.29, 1.82) is 0 Å². The zero-order valence-electron chi connectivity index (χ0n) is 19.9. The topological polar surface area (TPSA) is 67.4 Å². The number of piperidine rings is 1. The van der Waals surface area contributed by atoms with Crippen molar-refractivity contribution < 1.29 is 14.2 Å². The summed E-state index contributed by atoms with van der Waals surface area (Å²) in [6.07, 6.45) is 5.62. The lowest BCUT2D eigenvalue weighted by molar-refractivity contribution is -0.0828. The third kappa shape index (κ3) is 7.74. The smallest absolute Gasteiger partial charge is 0.191 e. The van der Waals surface area contributed by atoms with Crippen LogP contribution in [0.4, 0.5) is 0 Å². The van der Waals surface area contributed by atoms with Gasteiger partial charge in [-0.1, -0.05) is 18.6 Å². The highest BCUT2D eigenvalue weighted by Crippen LogP contribution is 2.26. The van der Waals surface area contributed by atoms with Crippen LogP contribution in [0.15, 0.2) is 29.3 Å². The van der Waals surface area contributed by atoms with E-state index in [2.05, 4.69) is 46.7 Å². The fraction of sp³-hybridized carbons (Fsp3) is 0.708. The van der Waals surface area contributed by atoms with E-state index in [1.165, 1.54) is 24.8 Å². The maximum atomic E-state index is 5.86. The minimum Gasteiger partial charge on any atom is -0.497 e. The summed E-state index contributed by atoms with van der Waals surface area (Å²) < 4.78 is 16.7. The van der Waals surface area contributed by atoms with E-state index in [9.17, 15) is 0 Å². The molecule has 0 saturated carbocycles. The second-order valence-electron chi connectivity index (χ2n) is 8.46. The summed E-state index contributed by atoms with van der Waals surface area (Å²) in [4.78, 5) is 7.49. The van der Waals surface area contributed by atoms with Crippen molar-refractivity contribution in [2.45, 2.75) is 50.7 Å². The first-order valence-electron chi connectivity index (χ1n) is 11.7. The van der Waals surface area contributed by atoms with Crippen molar-refractivity contribution in [3.8, 4) is 5.75 Å². The van der Waals surface area contributed by atoms with E-state index in [0.29, 0.717) is 12.6 Å². The van der Waals surface area contributed by atoms with Crippen LogP contribution in [0.2, 0.25) is 0 Å². The highest BCUT2D eigenvalue weighted by Gasteiger charge is 2.32. The number of methoxy groups -OCH3 is 2. The third-order valence-electron chi connectivity index (χ3n) is 6.50. The van der Waals surface area contributed by atoms with Crippen molar-refractivity contribution >= 4 is 29.9 Å². The molecule has 2 aliphatic heterocycles. The molecule has 2 aliphatic rings. The van der Waals surface area contributed by atoms with Crippen molar-refractivity contribution in [2.75, 3.05) is 60.2 Å². The van der Waals surface area contributed by atoms with Crippen LogP contribution >= 0.6 is 24.0 Å². The third-order valence-corrected chi connectivity index (χ3v) is 6.50. The Bertz CT molecular complexity index is 674. The number of hydrogen-bond donors (Lipinski definition) is 2. The Labute approximate surface area is 210 Å². The molecule has 2 N–H and O–H groups in total. The second kappa shape index (κ2) is 14.2. The van der Waals surface area contributed by atoms with Gasteiger partial charge in [0.05, 0.1) is 25.3 Å². The Balaban J connectivity index is 0.00000363. The monoisotopic (exact) mass is 560 g/mol. The van der Waals surface area contributed by atoms with Crippen molar-refractivity contribution in [3.63, 3.8) is 0 Å². The van der Waals surface area contributed by atoms with Crippen molar-refractivity contribution in [3.05, 3.63) is 29.8 Å². The number of rotatable bonds is 9. The van der Waals surface area contributed by atoms with Gasteiger partial charge in [0.2, 0.25) is 0 Å². The minimum absolute atomic E-state index is 0. The number of aliphatic imine (C=N–C) groups is 1. The van der Waals surface area contributed by atoms with Crippen LogP contribution in [0.3, 0.4) is 0 Å². The number of likely N-dealkylation sites (tertiary alicyclic amines) is 1. The van der Waals surface area contributed by atoms with Gasteiger partial charge in [0.25, 0.3) is 0 Å². The molecular weight excluding hydrogens is 519 g/mol. The first kappa shape index (κ1) is 27.1. The molecule has 32 heavy (non-hydrogen) atoms. The maximum absolute atomic E-state index is 5.86. The molecule has 0 aliphatic carbocycles. The number of nitrogens with zero attached hydrogens (tertiary/aromatic N) is 2. The molecular formula is C24H41IN4O3. The Hall–Kier alpha value is -1.10. The van der Waals surface area contributed by atoms with Crippen LogP contribution in [0.1, 0.15) is 50.6 Å². The summed E-state index contributed by atoms with van der Waals surface area (Å²) in [6, 6.07) is 8.78. The van der Waals surface area contributed by atoms with Gasteiger partial charge >= 0.3 is 0 Å². The summed E-state index contributed by atoms with van der Waals surface area (Å²) in [5, 5.41) is 7.01. The Morgan fingerprint density at radius 2 is 1.78 bits per heavy atom. The van der Waals surface area contributed by atoms with E-state index >= 15 is 0 Å². The van der Waals surface area contributed by atoms with Gasteiger partial charge in [-0.05, 0) is 50.6 Å². The van der Waals surface area contributed by atoms with Gasteiger partial charge < -0.3 is 24.8 Å². The molecule has 0 radical (unpaired) electrons. The average Bonchev–Trinajstić information content (AvgIpc) is 2.84. The number of ether oxygens (including phenoxy) is 3. The maximum Gasteiger partial charge on any atom is 0.191 e. The molecule has 7 nitrogen and oxygen atoms in total. The number of benzene rings is 1. The summed E-state index contributed by atoms with van der Waals surface area (Å²) >= 11 is 0. The van der Waals surface area contributed by atoms with Crippen LogP contribution in [0, 0.1) is 0 Å². The van der Waals surface area contributed by atoms with Crippen LogP contribution in [0.5, 0.6) is 5.75 Å². The van der Waals surface area contributed by atoms with E-state index in [1.54, 1.807) is 14.2 Å². The zero-order valence-corrected chi connectivity index (χ0v) is 22.2. The Kier molecular flexibility index (Phi) is 12.1. The summed E-state index contributed by atoms with van der Waals surface area (Å²) in [5.74, 6) is 1.74. The quantitative estimate of drug-likeness (QED) is 0.274. The molecule has 0 amide bonds. The molecule has 2 fully saturated rings. The summed E-state index contributed by atoms with van der Waals surface area (Å²) in [6.45, 7) is 8.12. The highest BCUT2D eigenvalue weighted by atomic mass is 127. The van der Waals surface area contributed by atoms with Gasteiger partial charge in [0.15, 0.2) is 5.96 Å². The molecule has 1 aromatic rings. The largest absolute Gasteiger partial charge is 0.497 e. The van der Waals surface area contributed by atoms with E-state index < -0.39 is 0 Å².